The van der Waals surface area contributed by atoms with Crippen LogP contribution < -0.4 is 21.1 Å². The number of hydrogen-bond acceptors (Lipinski definition) is 10. The molecule has 0 radical (unpaired) electrons. The molecule has 0 fully saturated rings. The average molecular weight is 748 g/mol. The molecule has 0 bridgehead atoms. The minimum absolute atomic E-state index is 0.00970. The number of urea groups is 1. The number of Topliss-reactive ketones (excluding diaryl/α,β-unsaturated/α-hetero) is 2. The molecule has 15 heteroatoms. The van der Waals surface area contributed by atoms with Crippen molar-refractivity contribution in [2.45, 2.75) is 71.9 Å². The van der Waals surface area contributed by atoms with E-state index < -0.39 is 48.1 Å². The Hall–Kier alpha value is -5.88. The predicted octanol–water partition coefficient (Wildman–Crippen LogP) is 3.71. The lowest BCUT2D eigenvalue weighted by atomic mass is 9.88. The van der Waals surface area contributed by atoms with E-state index in [1.54, 1.807) is 38.1 Å². The highest BCUT2D eigenvalue weighted by molar-refractivity contribution is 6.15. The number of nitrogens with two attached hydrogens (primary N) is 1. The number of rotatable bonds is 23. The van der Waals surface area contributed by atoms with E-state index in [0.29, 0.717) is 29.0 Å². The average Bonchev–Trinajstić information content (AvgIpc) is 3.41. The number of ketones is 2. The number of primary amides is 1. The second-order valence-electron chi connectivity index (χ2n) is 12.8. The molecule has 1 heterocycles. The molecule has 288 valence electrons. The van der Waals surface area contributed by atoms with Gasteiger partial charge in [-0.25, -0.2) is 9.64 Å². The van der Waals surface area contributed by atoms with E-state index >= 15 is 0 Å². The molecule has 0 aliphatic carbocycles. The van der Waals surface area contributed by atoms with Gasteiger partial charge in [0.1, 0.15) is 18.1 Å². The van der Waals surface area contributed by atoms with Crippen LogP contribution in [0.3, 0.4) is 0 Å². The summed E-state index contributed by atoms with van der Waals surface area (Å²) in [6.07, 6.45) is 0.483. The van der Waals surface area contributed by atoms with Gasteiger partial charge in [0.2, 0.25) is 5.91 Å². The maximum Gasteiger partial charge on any atom is 0.312 e. The van der Waals surface area contributed by atoms with Crippen molar-refractivity contribution in [2.24, 2.45) is 17.6 Å². The van der Waals surface area contributed by atoms with E-state index in [-0.39, 0.29) is 81.8 Å². The number of carbonyl (C=O) groups is 7. The lowest BCUT2D eigenvalue weighted by molar-refractivity contribution is -0.144. The molecule has 0 saturated carbocycles. The van der Waals surface area contributed by atoms with E-state index in [0.717, 1.165) is 11.0 Å². The van der Waals surface area contributed by atoms with E-state index in [4.69, 9.17) is 27.9 Å². The van der Waals surface area contributed by atoms with Crippen LogP contribution in [0, 0.1) is 18.4 Å². The van der Waals surface area contributed by atoms with Crippen LogP contribution in [0.15, 0.2) is 60.4 Å². The normalized spacial score (nSPS) is 14.3. The maximum atomic E-state index is 13.5. The van der Waals surface area contributed by atoms with Gasteiger partial charge in [-0.05, 0) is 42.0 Å². The summed E-state index contributed by atoms with van der Waals surface area (Å²) in [5, 5.41) is 5.28. The second kappa shape index (κ2) is 21.6. The number of esters is 1. The van der Waals surface area contributed by atoms with Crippen LogP contribution in [0.5, 0.6) is 5.75 Å². The zero-order chi connectivity index (χ0) is 40.5. The minimum Gasteiger partial charge on any atom is -0.461 e. The van der Waals surface area contributed by atoms with E-state index in [1.807, 2.05) is 0 Å². The lowest BCUT2D eigenvalue weighted by Gasteiger charge is -2.24. The molecule has 2 aromatic carbocycles. The summed E-state index contributed by atoms with van der Waals surface area (Å²) >= 11 is 0. The van der Waals surface area contributed by atoms with E-state index in [1.165, 1.54) is 31.2 Å². The number of imide groups is 1. The quantitative estimate of drug-likeness (QED) is 0.0651. The summed E-state index contributed by atoms with van der Waals surface area (Å²) in [4.78, 5) is 92.0. The Balaban J connectivity index is 1.49. The highest BCUT2D eigenvalue weighted by atomic mass is 16.5. The van der Waals surface area contributed by atoms with Gasteiger partial charge in [-0.1, -0.05) is 57.2 Å². The molecule has 2 aromatic rings. The van der Waals surface area contributed by atoms with Crippen LogP contribution >= 0.6 is 0 Å². The van der Waals surface area contributed by atoms with E-state index in [9.17, 15) is 33.6 Å². The molecule has 15 nitrogen and oxygen atoms in total. The van der Waals surface area contributed by atoms with Crippen molar-refractivity contribution >= 4 is 47.0 Å². The largest absolute Gasteiger partial charge is 0.461 e. The Kier molecular flexibility index (Phi) is 16.4. The molecule has 0 aromatic heterocycles. The fourth-order valence-electron chi connectivity index (χ4n) is 5.33. The van der Waals surface area contributed by atoms with Gasteiger partial charge in [0.05, 0.1) is 38.4 Å². The second-order valence-corrected chi connectivity index (χ2v) is 12.8. The monoisotopic (exact) mass is 747 g/mol. The fourth-order valence-corrected chi connectivity index (χ4v) is 5.33. The number of amides is 5. The molecule has 54 heavy (non-hydrogen) atoms. The number of ether oxygens (including phenoxy) is 3. The van der Waals surface area contributed by atoms with Crippen molar-refractivity contribution in [3.05, 3.63) is 82.9 Å². The minimum atomic E-state index is -0.999. The summed E-state index contributed by atoms with van der Waals surface area (Å²) in [5.74, 6) is -3.72. The summed E-state index contributed by atoms with van der Waals surface area (Å²) in [7, 11) is 0. The lowest BCUT2D eigenvalue weighted by Crippen LogP contribution is -2.46. The van der Waals surface area contributed by atoms with Crippen LogP contribution in [0.2, 0.25) is 0 Å². The Labute approximate surface area is 315 Å². The predicted molar refractivity (Wildman–Crippen MR) is 196 cm³/mol. The maximum absolute atomic E-state index is 13.5. The van der Waals surface area contributed by atoms with E-state index in [2.05, 4.69) is 15.5 Å². The molecule has 5 amide bonds. The highest BCUT2D eigenvalue weighted by Gasteiger charge is 2.33. The molecule has 1 aliphatic rings. The summed E-state index contributed by atoms with van der Waals surface area (Å²) in [6.45, 7) is 12.1. The molecule has 0 saturated heterocycles. The van der Waals surface area contributed by atoms with Gasteiger partial charge in [-0.3, -0.25) is 33.7 Å². The SMILES string of the molecule is [3H]C(C)C(=O)OCc1ccc(CC(=O)[C@H](CCCNC(N)=O)NC(=O)[C@@H](CC(=O)CCOCCN2C(=O)C=C(Oc3ccc([N+]#[C-])cc3)C2=O)C(C)C)cc1. The third-order valence-corrected chi connectivity index (χ3v) is 8.44. The first-order valence-electron chi connectivity index (χ1n) is 18.1. The first-order valence-corrected chi connectivity index (χ1v) is 17.5. The summed E-state index contributed by atoms with van der Waals surface area (Å²) < 4.78 is 23.5. The van der Waals surface area contributed by atoms with Crippen molar-refractivity contribution in [3.63, 3.8) is 0 Å². The Morgan fingerprint density at radius 1 is 1.00 bits per heavy atom. The van der Waals surface area contributed by atoms with Gasteiger partial charge in [0.15, 0.2) is 17.2 Å². The topological polar surface area (TPSA) is 205 Å². The fraction of sp³-hybridized carbons (Fsp3) is 0.436. The van der Waals surface area contributed by atoms with Gasteiger partial charge in [-0.2, -0.15) is 0 Å². The zero-order valence-electron chi connectivity index (χ0n) is 31.6. The Morgan fingerprint density at radius 2 is 1.69 bits per heavy atom. The molecule has 1 aliphatic heterocycles. The number of hydrogen-bond donors (Lipinski definition) is 3. The Bertz CT molecular complexity index is 1770. The van der Waals surface area contributed by atoms with Gasteiger partial charge < -0.3 is 30.6 Å². The van der Waals surface area contributed by atoms with Gasteiger partial charge in [0.25, 0.3) is 11.8 Å². The third-order valence-electron chi connectivity index (χ3n) is 8.44. The Morgan fingerprint density at radius 3 is 2.31 bits per heavy atom. The van der Waals surface area contributed by atoms with Gasteiger partial charge >= 0.3 is 12.0 Å². The third kappa shape index (κ3) is 13.9. The summed E-state index contributed by atoms with van der Waals surface area (Å²) in [5.41, 5.74) is 6.89. The molecule has 0 spiro atoms. The van der Waals surface area contributed by atoms with Crippen molar-refractivity contribution in [1.82, 2.24) is 15.5 Å². The van der Waals surface area contributed by atoms with Crippen molar-refractivity contribution < 1.29 is 49.1 Å². The van der Waals surface area contributed by atoms with Crippen LogP contribution in [-0.4, -0.2) is 78.5 Å². The van der Waals surface area contributed by atoms with Crippen molar-refractivity contribution in [2.75, 3.05) is 26.3 Å². The molecule has 3 rings (SSSR count). The standard InChI is InChI=1S/C39H47N5O10/c1-5-36(48)53-24-27-10-8-26(9-11-27)21-33(46)32(7-6-17-42-39(40)51)43-37(49)31(25(2)3)22-29(45)16-19-52-20-18-44-35(47)23-34(38(44)50)54-30-14-12-28(41-4)13-15-30/h8-15,23,25,31-32H,5-7,16-22,24H2,1-3H3,(H,43,49)(H3,40,42,51)/t31-,32-/m0/s1/i5T/t5?,31-,32-. The summed E-state index contributed by atoms with van der Waals surface area (Å²) in [6, 6.07) is 11.3. The van der Waals surface area contributed by atoms with Gasteiger partial charge in [0, 0.05) is 39.5 Å². The number of nitrogens with zero attached hydrogens (tertiary/aromatic N) is 2. The van der Waals surface area contributed by atoms with Crippen LogP contribution in [0.25, 0.3) is 4.85 Å². The number of carbonyl (C=O) groups excluding carboxylic acids is 7. The highest BCUT2D eigenvalue weighted by Crippen LogP contribution is 2.23. The van der Waals surface area contributed by atoms with Crippen LogP contribution in [0.1, 0.15) is 65.3 Å². The molecular weight excluding hydrogens is 698 g/mol. The van der Waals surface area contributed by atoms with Crippen LogP contribution in [-0.2, 0) is 51.3 Å². The number of nitrogens with one attached hydrogen (secondary N) is 2. The molecule has 1 unspecified atom stereocenters. The number of benzene rings is 2. The van der Waals surface area contributed by atoms with Crippen LogP contribution in [0.4, 0.5) is 10.5 Å². The molecular formula is C39H47N5O10. The smallest absolute Gasteiger partial charge is 0.312 e. The van der Waals surface area contributed by atoms with Crippen molar-refractivity contribution in [3.8, 4) is 5.75 Å². The first-order chi connectivity index (χ1) is 26.2. The van der Waals surface area contributed by atoms with Crippen molar-refractivity contribution in [1.29, 1.82) is 0 Å². The molecule has 3 atom stereocenters. The zero-order valence-corrected chi connectivity index (χ0v) is 30.6. The first kappa shape index (κ1) is 40.9. The molecule has 4 N–H and O–H groups in total. The van der Waals surface area contributed by atoms with Gasteiger partial charge in [-0.15, -0.1) is 0 Å².